The van der Waals surface area contributed by atoms with Crippen molar-refractivity contribution in [1.29, 1.82) is 0 Å². The molecule has 0 aliphatic rings. The second-order valence-electron chi connectivity index (χ2n) is 6.68. The van der Waals surface area contributed by atoms with Gasteiger partial charge < -0.3 is 9.88 Å². The van der Waals surface area contributed by atoms with Crippen LogP contribution in [0.5, 0.6) is 0 Å². The summed E-state index contributed by atoms with van der Waals surface area (Å²) in [6, 6.07) is 20.0. The van der Waals surface area contributed by atoms with Crippen LogP contribution in [0.3, 0.4) is 0 Å². The number of hydrogen-bond acceptors (Lipinski definition) is 2. The van der Waals surface area contributed by atoms with E-state index < -0.39 is 0 Å². The van der Waals surface area contributed by atoms with Crippen molar-refractivity contribution in [3.63, 3.8) is 0 Å². The molecule has 0 aliphatic heterocycles. The molecule has 0 radical (unpaired) electrons. The number of benzene rings is 2. The Bertz CT molecular complexity index is 789. The Morgan fingerprint density at radius 1 is 0.958 bits per heavy atom. The highest BCUT2D eigenvalue weighted by Crippen LogP contribution is 2.27. The van der Waals surface area contributed by atoms with Gasteiger partial charge >= 0.3 is 0 Å². The summed E-state index contributed by atoms with van der Waals surface area (Å²) in [7, 11) is 0. The second kappa shape index (κ2) is 7.18. The van der Waals surface area contributed by atoms with Gasteiger partial charge in [-0.25, -0.2) is 4.98 Å². The van der Waals surface area contributed by atoms with Gasteiger partial charge in [-0.3, -0.25) is 0 Å². The van der Waals surface area contributed by atoms with E-state index in [1.54, 1.807) is 0 Å². The Labute approximate surface area is 144 Å². The summed E-state index contributed by atoms with van der Waals surface area (Å²) >= 11 is 0. The molecule has 0 amide bonds. The fraction of sp³-hybridized carbons (Fsp3) is 0.381. The topological polar surface area (TPSA) is 29.9 Å². The van der Waals surface area contributed by atoms with Gasteiger partial charge in [0.1, 0.15) is 5.82 Å². The second-order valence-corrected chi connectivity index (χ2v) is 6.68. The van der Waals surface area contributed by atoms with Crippen LogP contribution in [0.15, 0.2) is 54.6 Å². The van der Waals surface area contributed by atoms with E-state index in [4.69, 9.17) is 4.98 Å². The van der Waals surface area contributed by atoms with Gasteiger partial charge in [0.05, 0.1) is 17.1 Å². The zero-order valence-electron chi connectivity index (χ0n) is 15.0. The Hall–Kier alpha value is -2.13. The van der Waals surface area contributed by atoms with Gasteiger partial charge in [0.2, 0.25) is 0 Å². The number of nitrogens with one attached hydrogen (secondary N) is 1. The maximum absolute atomic E-state index is 4.92. The van der Waals surface area contributed by atoms with Crippen molar-refractivity contribution >= 4 is 11.0 Å². The Balaban J connectivity index is 1.93. The maximum atomic E-state index is 4.92. The lowest BCUT2D eigenvalue weighted by atomic mass is 10.0. The number of aromatic nitrogens is 2. The van der Waals surface area contributed by atoms with Crippen molar-refractivity contribution in [2.75, 3.05) is 0 Å². The minimum Gasteiger partial charge on any atom is -0.324 e. The lowest BCUT2D eigenvalue weighted by molar-refractivity contribution is 0.423. The molecule has 1 heterocycles. The summed E-state index contributed by atoms with van der Waals surface area (Å²) in [5.74, 6) is 1.11. The van der Waals surface area contributed by atoms with Crippen LogP contribution in [-0.4, -0.2) is 9.55 Å². The van der Waals surface area contributed by atoms with Gasteiger partial charge in [0.25, 0.3) is 0 Å². The highest BCUT2D eigenvalue weighted by molar-refractivity contribution is 5.76. The number of nitrogens with zero attached hydrogens (tertiary/aromatic N) is 2. The molecule has 3 aromatic rings. The molecule has 0 saturated heterocycles. The van der Waals surface area contributed by atoms with E-state index >= 15 is 0 Å². The standard InChI is InChI=1S/C21H27N3/c1-5-18(17-11-7-6-8-12-17)22-16(4)21-23-19-13-9-10-14-20(19)24(21)15(2)3/h6-16,18,22H,5H2,1-4H3/t16-,18+/m0/s1. The molecule has 0 bridgehead atoms. The Kier molecular flexibility index (Phi) is 5.00. The largest absolute Gasteiger partial charge is 0.324 e. The highest BCUT2D eigenvalue weighted by atomic mass is 15.1. The molecule has 0 spiro atoms. The van der Waals surface area contributed by atoms with Crippen molar-refractivity contribution in [3.05, 3.63) is 66.0 Å². The molecular weight excluding hydrogens is 294 g/mol. The summed E-state index contributed by atoms with van der Waals surface area (Å²) in [5.41, 5.74) is 3.62. The van der Waals surface area contributed by atoms with Gasteiger partial charge in [-0.15, -0.1) is 0 Å². The molecule has 24 heavy (non-hydrogen) atoms. The zero-order chi connectivity index (χ0) is 17.1. The molecule has 1 aromatic heterocycles. The molecule has 0 saturated carbocycles. The van der Waals surface area contributed by atoms with Gasteiger partial charge in [0.15, 0.2) is 0 Å². The monoisotopic (exact) mass is 321 g/mol. The first-order chi connectivity index (χ1) is 11.6. The van der Waals surface area contributed by atoms with E-state index in [1.165, 1.54) is 11.1 Å². The maximum Gasteiger partial charge on any atom is 0.127 e. The van der Waals surface area contributed by atoms with Crippen LogP contribution in [0.2, 0.25) is 0 Å². The number of imidazole rings is 1. The van der Waals surface area contributed by atoms with Crippen LogP contribution >= 0.6 is 0 Å². The molecule has 3 heteroatoms. The van der Waals surface area contributed by atoms with Crippen LogP contribution in [0, 0.1) is 0 Å². The molecule has 126 valence electrons. The molecule has 0 aliphatic carbocycles. The minimum atomic E-state index is 0.185. The first kappa shape index (κ1) is 16.7. The highest BCUT2D eigenvalue weighted by Gasteiger charge is 2.21. The normalized spacial score (nSPS) is 14.2. The summed E-state index contributed by atoms with van der Waals surface area (Å²) in [6.07, 6.45) is 1.05. The van der Waals surface area contributed by atoms with Crippen LogP contribution in [0.1, 0.15) is 63.6 Å². The summed E-state index contributed by atoms with van der Waals surface area (Å²) in [6.45, 7) is 8.88. The number of para-hydroxylation sites is 2. The van der Waals surface area contributed by atoms with Gasteiger partial charge in [-0.05, 0) is 44.9 Å². The molecule has 2 atom stereocenters. The summed E-state index contributed by atoms with van der Waals surface area (Å²) < 4.78 is 2.35. The van der Waals surface area contributed by atoms with Crippen LogP contribution in [-0.2, 0) is 0 Å². The summed E-state index contributed by atoms with van der Waals surface area (Å²) in [5, 5.41) is 3.77. The molecule has 1 N–H and O–H groups in total. The van der Waals surface area contributed by atoms with Crippen molar-refractivity contribution in [2.45, 2.75) is 52.2 Å². The smallest absolute Gasteiger partial charge is 0.127 e. The predicted molar refractivity (Wildman–Crippen MR) is 101 cm³/mol. The predicted octanol–water partition coefficient (Wildman–Crippen LogP) is 5.42. The van der Waals surface area contributed by atoms with Crippen LogP contribution in [0.4, 0.5) is 0 Å². The molecule has 3 nitrogen and oxygen atoms in total. The first-order valence-corrected chi connectivity index (χ1v) is 8.89. The van der Waals surface area contributed by atoms with E-state index in [1.807, 2.05) is 0 Å². The molecular formula is C21H27N3. The number of fused-ring (bicyclic) bond motifs is 1. The number of rotatable bonds is 6. The molecule has 0 fully saturated rings. The van der Waals surface area contributed by atoms with Crippen molar-refractivity contribution in [1.82, 2.24) is 14.9 Å². The van der Waals surface area contributed by atoms with E-state index in [2.05, 4.69) is 92.2 Å². The van der Waals surface area contributed by atoms with Crippen molar-refractivity contribution in [2.24, 2.45) is 0 Å². The average molecular weight is 321 g/mol. The molecule has 3 rings (SSSR count). The SMILES string of the molecule is CC[C@@H](N[C@@H](C)c1nc2ccccc2n1C(C)C)c1ccccc1. The first-order valence-electron chi connectivity index (χ1n) is 8.89. The number of hydrogen-bond donors (Lipinski definition) is 1. The molecule has 0 unspecified atom stereocenters. The quantitative estimate of drug-likeness (QED) is 0.657. The fourth-order valence-electron chi connectivity index (χ4n) is 3.42. The van der Waals surface area contributed by atoms with Gasteiger partial charge in [-0.1, -0.05) is 49.4 Å². The van der Waals surface area contributed by atoms with Crippen molar-refractivity contribution < 1.29 is 0 Å². The Morgan fingerprint density at radius 2 is 1.62 bits per heavy atom. The summed E-state index contributed by atoms with van der Waals surface area (Å²) in [4.78, 5) is 4.92. The van der Waals surface area contributed by atoms with Gasteiger partial charge in [-0.2, -0.15) is 0 Å². The van der Waals surface area contributed by atoms with Crippen LogP contribution in [0.25, 0.3) is 11.0 Å². The third-order valence-electron chi connectivity index (χ3n) is 4.59. The average Bonchev–Trinajstić information content (AvgIpc) is 3.00. The minimum absolute atomic E-state index is 0.185. The zero-order valence-corrected chi connectivity index (χ0v) is 15.0. The van der Waals surface area contributed by atoms with Gasteiger partial charge in [0, 0.05) is 12.1 Å². The van der Waals surface area contributed by atoms with E-state index in [0.717, 1.165) is 17.8 Å². The van der Waals surface area contributed by atoms with Crippen LogP contribution < -0.4 is 5.32 Å². The molecule has 2 aromatic carbocycles. The third-order valence-corrected chi connectivity index (χ3v) is 4.59. The van der Waals surface area contributed by atoms with E-state index in [0.29, 0.717) is 12.1 Å². The third kappa shape index (κ3) is 3.22. The lowest BCUT2D eigenvalue weighted by Crippen LogP contribution is -2.27. The van der Waals surface area contributed by atoms with Crippen molar-refractivity contribution in [3.8, 4) is 0 Å². The lowest BCUT2D eigenvalue weighted by Gasteiger charge is -2.24. The van der Waals surface area contributed by atoms with E-state index in [-0.39, 0.29) is 6.04 Å². The Morgan fingerprint density at radius 3 is 2.29 bits per heavy atom. The fourth-order valence-corrected chi connectivity index (χ4v) is 3.42. The van der Waals surface area contributed by atoms with E-state index in [9.17, 15) is 0 Å².